The molecule has 0 atom stereocenters. The van der Waals surface area contributed by atoms with Crippen molar-refractivity contribution in [3.05, 3.63) is 53.6 Å². The van der Waals surface area contributed by atoms with Gasteiger partial charge in [0.15, 0.2) is 5.16 Å². The molecule has 3 aromatic rings. The van der Waals surface area contributed by atoms with E-state index in [9.17, 15) is 4.79 Å². The average Bonchev–Trinajstić information content (AvgIpc) is 2.84. The van der Waals surface area contributed by atoms with Crippen LogP contribution in [0, 0.1) is 0 Å². The smallest absolute Gasteiger partial charge is 0.313 e. The minimum absolute atomic E-state index is 0.0308. The van der Waals surface area contributed by atoms with Gasteiger partial charge >= 0.3 is 5.97 Å². The lowest BCUT2D eigenvalue weighted by molar-refractivity contribution is -0.133. The lowest BCUT2D eigenvalue weighted by Gasteiger charge is -2.08. The van der Waals surface area contributed by atoms with Crippen LogP contribution in [-0.4, -0.2) is 26.4 Å². The highest BCUT2D eigenvalue weighted by atomic mass is 35.5. The molecule has 21 heavy (non-hydrogen) atoms. The zero-order chi connectivity index (χ0) is 14.8. The second-order valence-corrected chi connectivity index (χ2v) is 5.76. The molecule has 1 N–H and O–H groups in total. The standard InChI is InChI=1S/C15H11ClN2O2S/c16-10-5-7-11(8-6-10)18-13-4-2-1-3-12(13)17-15(18)21-9-14(19)20/h1-8H,9H2,(H,19,20). The summed E-state index contributed by atoms with van der Waals surface area (Å²) in [6.07, 6.45) is 0. The van der Waals surface area contributed by atoms with Crippen LogP contribution >= 0.6 is 23.4 Å². The number of hydrogen-bond acceptors (Lipinski definition) is 3. The van der Waals surface area contributed by atoms with Crippen LogP contribution in [0.15, 0.2) is 53.7 Å². The molecule has 0 aliphatic heterocycles. The van der Waals surface area contributed by atoms with Gasteiger partial charge in [0.25, 0.3) is 0 Å². The number of carboxylic acids is 1. The number of rotatable bonds is 4. The summed E-state index contributed by atoms with van der Waals surface area (Å²) in [7, 11) is 0. The molecular weight excluding hydrogens is 308 g/mol. The van der Waals surface area contributed by atoms with E-state index in [1.165, 1.54) is 11.8 Å². The summed E-state index contributed by atoms with van der Waals surface area (Å²) in [5, 5.41) is 10.2. The van der Waals surface area contributed by atoms with E-state index in [-0.39, 0.29) is 5.75 Å². The topological polar surface area (TPSA) is 55.1 Å². The maximum absolute atomic E-state index is 10.8. The molecule has 106 valence electrons. The molecule has 0 fully saturated rings. The van der Waals surface area contributed by atoms with Crippen molar-refractivity contribution in [2.75, 3.05) is 5.75 Å². The van der Waals surface area contributed by atoms with Crippen LogP contribution in [0.5, 0.6) is 0 Å². The van der Waals surface area contributed by atoms with Crippen LogP contribution in [0.2, 0.25) is 5.02 Å². The van der Waals surface area contributed by atoms with Gasteiger partial charge in [-0.2, -0.15) is 0 Å². The Morgan fingerprint density at radius 2 is 1.90 bits per heavy atom. The largest absolute Gasteiger partial charge is 0.481 e. The zero-order valence-corrected chi connectivity index (χ0v) is 12.4. The molecule has 0 amide bonds. The van der Waals surface area contributed by atoms with Crippen molar-refractivity contribution in [1.29, 1.82) is 0 Å². The van der Waals surface area contributed by atoms with Gasteiger partial charge in [-0.3, -0.25) is 9.36 Å². The Morgan fingerprint density at radius 3 is 2.62 bits per heavy atom. The van der Waals surface area contributed by atoms with Crippen LogP contribution in [0.25, 0.3) is 16.7 Å². The Kier molecular flexibility index (Phi) is 3.86. The summed E-state index contributed by atoms with van der Waals surface area (Å²) in [6, 6.07) is 15.1. The maximum Gasteiger partial charge on any atom is 0.313 e. The summed E-state index contributed by atoms with van der Waals surface area (Å²) in [5.41, 5.74) is 2.68. The first kappa shape index (κ1) is 14.0. The molecule has 0 spiro atoms. The number of halogens is 1. The molecule has 0 saturated heterocycles. The Hall–Kier alpha value is -1.98. The molecular formula is C15H11ClN2O2S. The second-order valence-electron chi connectivity index (χ2n) is 4.38. The minimum Gasteiger partial charge on any atom is -0.481 e. The lowest BCUT2D eigenvalue weighted by atomic mass is 10.3. The molecule has 0 saturated carbocycles. The molecule has 1 heterocycles. The van der Waals surface area contributed by atoms with Gasteiger partial charge in [0.1, 0.15) is 0 Å². The fourth-order valence-electron chi connectivity index (χ4n) is 2.07. The van der Waals surface area contributed by atoms with Crippen LogP contribution in [0.4, 0.5) is 0 Å². The van der Waals surface area contributed by atoms with Gasteiger partial charge in [0.2, 0.25) is 0 Å². The van der Waals surface area contributed by atoms with Crippen LogP contribution < -0.4 is 0 Å². The molecule has 1 aromatic heterocycles. The molecule has 0 aliphatic rings. The van der Waals surface area contributed by atoms with Crippen molar-refractivity contribution < 1.29 is 9.90 Å². The normalized spacial score (nSPS) is 10.9. The van der Waals surface area contributed by atoms with E-state index in [0.29, 0.717) is 10.2 Å². The number of carboxylic acid groups (broad SMARTS) is 1. The number of aromatic nitrogens is 2. The predicted octanol–water partition coefficient (Wildman–Crippen LogP) is 3.86. The summed E-state index contributed by atoms with van der Waals surface area (Å²) < 4.78 is 1.94. The number of imidazole rings is 1. The molecule has 3 rings (SSSR count). The summed E-state index contributed by atoms with van der Waals surface area (Å²) in [5.74, 6) is -0.897. The Labute approximate surface area is 130 Å². The Morgan fingerprint density at radius 1 is 1.19 bits per heavy atom. The van der Waals surface area contributed by atoms with Crippen LogP contribution in [-0.2, 0) is 4.79 Å². The number of nitrogens with zero attached hydrogens (tertiary/aromatic N) is 2. The van der Waals surface area contributed by atoms with Gasteiger partial charge in [0.05, 0.1) is 16.8 Å². The zero-order valence-electron chi connectivity index (χ0n) is 10.9. The molecule has 4 nitrogen and oxygen atoms in total. The fourth-order valence-corrected chi connectivity index (χ4v) is 2.94. The van der Waals surface area contributed by atoms with Gasteiger partial charge in [-0.05, 0) is 36.4 Å². The van der Waals surface area contributed by atoms with Gasteiger partial charge < -0.3 is 5.11 Å². The van der Waals surface area contributed by atoms with E-state index in [1.807, 2.05) is 41.0 Å². The number of fused-ring (bicyclic) bond motifs is 1. The highest BCUT2D eigenvalue weighted by Gasteiger charge is 2.13. The van der Waals surface area contributed by atoms with Gasteiger partial charge in [-0.25, -0.2) is 4.98 Å². The minimum atomic E-state index is -0.866. The Bertz CT molecular complexity index is 799. The van der Waals surface area contributed by atoms with Crippen molar-refractivity contribution in [3.63, 3.8) is 0 Å². The lowest BCUT2D eigenvalue weighted by Crippen LogP contribution is -2.01. The van der Waals surface area contributed by atoms with E-state index in [4.69, 9.17) is 16.7 Å². The number of benzene rings is 2. The van der Waals surface area contributed by atoms with Crippen molar-refractivity contribution in [1.82, 2.24) is 9.55 Å². The van der Waals surface area contributed by atoms with E-state index in [1.54, 1.807) is 12.1 Å². The first-order valence-corrected chi connectivity index (χ1v) is 7.59. The van der Waals surface area contributed by atoms with E-state index in [0.717, 1.165) is 16.7 Å². The predicted molar refractivity (Wildman–Crippen MR) is 84.4 cm³/mol. The van der Waals surface area contributed by atoms with Crippen molar-refractivity contribution in [2.45, 2.75) is 5.16 Å². The number of hydrogen-bond donors (Lipinski definition) is 1. The van der Waals surface area contributed by atoms with E-state index < -0.39 is 5.97 Å². The summed E-state index contributed by atoms with van der Waals surface area (Å²) >= 11 is 7.13. The van der Waals surface area contributed by atoms with Crippen LogP contribution in [0.1, 0.15) is 0 Å². The monoisotopic (exact) mass is 318 g/mol. The SMILES string of the molecule is O=C(O)CSc1nc2ccccc2n1-c1ccc(Cl)cc1. The average molecular weight is 319 g/mol. The highest BCUT2D eigenvalue weighted by molar-refractivity contribution is 7.99. The maximum atomic E-state index is 10.8. The van der Waals surface area contributed by atoms with E-state index >= 15 is 0 Å². The third-order valence-corrected chi connectivity index (χ3v) is 4.11. The first-order valence-electron chi connectivity index (χ1n) is 6.23. The van der Waals surface area contributed by atoms with Crippen molar-refractivity contribution >= 4 is 40.4 Å². The van der Waals surface area contributed by atoms with Crippen LogP contribution in [0.3, 0.4) is 0 Å². The van der Waals surface area contributed by atoms with E-state index in [2.05, 4.69) is 4.98 Å². The number of thioether (sulfide) groups is 1. The first-order chi connectivity index (χ1) is 10.1. The molecule has 2 aromatic carbocycles. The Balaban J connectivity index is 2.15. The molecule has 0 bridgehead atoms. The third kappa shape index (κ3) is 2.89. The molecule has 0 aliphatic carbocycles. The molecule has 6 heteroatoms. The number of aliphatic carboxylic acids is 1. The summed E-state index contributed by atoms with van der Waals surface area (Å²) in [4.78, 5) is 15.3. The number of carbonyl (C=O) groups is 1. The van der Waals surface area contributed by atoms with Gasteiger partial charge in [0, 0.05) is 10.7 Å². The van der Waals surface area contributed by atoms with Gasteiger partial charge in [-0.1, -0.05) is 35.5 Å². The summed E-state index contributed by atoms with van der Waals surface area (Å²) in [6.45, 7) is 0. The fraction of sp³-hybridized carbons (Fsp3) is 0.0667. The number of para-hydroxylation sites is 2. The molecule has 0 unspecified atom stereocenters. The highest BCUT2D eigenvalue weighted by Crippen LogP contribution is 2.28. The van der Waals surface area contributed by atoms with Crippen molar-refractivity contribution in [2.24, 2.45) is 0 Å². The van der Waals surface area contributed by atoms with Crippen molar-refractivity contribution in [3.8, 4) is 5.69 Å². The molecule has 0 radical (unpaired) electrons. The second kappa shape index (κ2) is 5.79. The third-order valence-electron chi connectivity index (χ3n) is 2.94. The quantitative estimate of drug-likeness (QED) is 0.742. The van der Waals surface area contributed by atoms with Gasteiger partial charge in [-0.15, -0.1) is 0 Å².